The van der Waals surface area contributed by atoms with Gasteiger partial charge in [-0.15, -0.1) is 0 Å². The normalized spacial score (nSPS) is 12.5. The number of rotatable bonds is 7. The Morgan fingerprint density at radius 3 is 2.52 bits per heavy atom. The van der Waals surface area contributed by atoms with Gasteiger partial charge in [-0.3, -0.25) is 0 Å². The van der Waals surface area contributed by atoms with E-state index < -0.39 is 0 Å². The molecule has 2 heteroatoms. The van der Waals surface area contributed by atoms with E-state index in [0.29, 0.717) is 6.61 Å². The van der Waals surface area contributed by atoms with Crippen molar-refractivity contribution >= 4 is 6.08 Å². The van der Waals surface area contributed by atoms with Crippen LogP contribution in [0.2, 0.25) is 0 Å². The van der Waals surface area contributed by atoms with Crippen LogP contribution >= 0.6 is 0 Å². The Morgan fingerprint density at radius 2 is 1.76 bits per heavy atom. The zero-order chi connectivity index (χ0) is 14.9. The van der Waals surface area contributed by atoms with E-state index in [1.807, 2.05) is 42.5 Å². The van der Waals surface area contributed by atoms with Gasteiger partial charge in [-0.05, 0) is 36.1 Å². The summed E-state index contributed by atoms with van der Waals surface area (Å²) in [5.41, 5.74) is 8.40. The first kappa shape index (κ1) is 15.3. The molecule has 0 saturated heterocycles. The molecule has 1 atom stereocenters. The molecule has 0 radical (unpaired) electrons. The largest absolute Gasteiger partial charge is 0.489 e. The van der Waals surface area contributed by atoms with E-state index in [1.165, 1.54) is 11.1 Å². The molecule has 2 N–H and O–H groups in total. The maximum atomic E-state index is 6.04. The second kappa shape index (κ2) is 8.28. The van der Waals surface area contributed by atoms with E-state index in [4.69, 9.17) is 10.5 Å². The van der Waals surface area contributed by atoms with E-state index in [9.17, 15) is 0 Å². The summed E-state index contributed by atoms with van der Waals surface area (Å²) in [6, 6.07) is 18.5. The first-order valence-electron chi connectivity index (χ1n) is 7.47. The van der Waals surface area contributed by atoms with E-state index in [-0.39, 0.29) is 6.04 Å². The molecular formula is C19H23NO. The Morgan fingerprint density at radius 1 is 1.05 bits per heavy atom. The van der Waals surface area contributed by atoms with Crippen LogP contribution in [0, 0.1) is 0 Å². The van der Waals surface area contributed by atoms with Crippen LogP contribution < -0.4 is 10.5 Å². The molecule has 0 aliphatic carbocycles. The number of nitrogens with two attached hydrogens (primary N) is 1. The molecule has 0 spiro atoms. The minimum absolute atomic E-state index is 0.189. The Labute approximate surface area is 127 Å². The lowest BCUT2D eigenvalue weighted by molar-refractivity contribution is 0.358. The summed E-state index contributed by atoms with van der Waals surface area (Å²) < 4.78 is 5.86. The summed E-state index contributed by atoms with van der Waals surface area (Å²) in [6.45, 7) is 2.67. The van der Waals surface area contributed by atoms with Crippen LogP contribution in [0.15, 0.2) is 60.7 Å². The van der Waals surface area contributed by atoms with Crippen molar-refractivity contribution in [1.82, 2.24) is 0 Å². The van der Waals surface area contributed by atoms with Crippen LogP contribution in [0.3, 0.4) is 0 Å². The maximum Gasteiger partial charge on any atom is 0.123 e. The summed E-state index contributed by atoms with van der Waals surface area (Å²) in [5.74, 6) is 0.930. The Hall–Kier alpha value is -2.06. The lowest BCUT2D eigenvalue weighted by Crippen LogP contribution is -2.21. The fourth-order valence-electron chi connectivity index (χ4n) is 2.13. The van der Waals surface area contributed by atoms with Gasteiger partial charge in [-0.25, -0.2) is 0 Å². The zero-order valence-corrected chi connectivity index (χ0v) is 12.5. The van der Waals surface area contributed by atoms with Crippen molar-refractivity contribution in [1.29, 1.82) is 0 Å². The van der Waals surface area contributed by atoms with Gasteiger partial charge in [-0.1, -0.05) is 61.5 Å². The molecule has 2 rings (SSSR count). The van der Waals surface area contributed by atoms with E-state index in [1.54, 1.807) is 0 Å². The molecule has 0 saturated carbocycles. The molecular weight excluding hydrogens is 258 g/mol. The maximum absolute atomic E-state index is 6.04. The van der Waals surface area contributed by atoms with Crippen LogP contribution in [0.5, 0.6) is 5.75 Å². The minimum Gasteiger partial charge on any atom is -0.489 e. The van der Waals surface area contributed by atoms with Crippen molar-refractivity contribution in [2.75, 3.05) is 6.61 Å². The molecule has 0 aliphatic rings. The highest BCUT2D eigenvalue weighted by Crippen LogP contribution is 2.20. The van der Waals surface area contributed by atoms with E-state index in [0.717, 1.165) is 18.6 Å². The fourth-order valence-corrected chi connectivity index (χ4v) is 2.13. The number of hydrogen-bond acceptors (Lipinski definition) is 2. The van der Waals surface area contributed by atoms with Crippen molar-refractivity contribution in [2.24, 2.45) is 5.73 Å². The molecule has 0 aromatic heterocycles. The van der Waals surface area contributed by atoms with Crippen molar-refractivity contribution in [3.63, 3.8) is 0 Å². The minimum atomic E-state index is 0.189. The van der Waals surface area contributed by atoms with Crippen LogP contribution in [0.1, 0.15) is 24.5 Å². The molecule has 110 valence electrons. The predicted molar refractivity (Wildman–Crippen MR) is 89.4 cm³/mol. The van der Waals surface area contributed by atoms with Gasteiger partial charge in [0.1, 0.15) is 12.4 Å². The van der Waals surface area contributed by atoms with Gasteiger partial charge in [0.25, 0.3) is 0 Å². The zero-order valence-electron chi connectivity index (χ0n) is 12.5. The molecule has 0 bridgehead atoms. The van der Waals surface area contributed by atoms with Gasteiger partial charge in [0.15, 0.2) is 0 Å². The van der Waals surface area contributed by atoms with Crippen molar-refractivity contribution < 1.29 is 4.74 Å². The second-order valence-corrected chi connectivity index (χ2v) is 5.10. The van der Waals surface area contributed by atoms with Gasteiger partial charge in [-0.2, -0.15) is 0 Å². The average Bonchev–Trinajstić information content (AvgIpc) is 2.54. The third-order valence-electron chi connectivity index (χ3n) is 3.42. The number of benzene rings is 2. The van der Waals surface area contributed by atoms with Gasteiger partial charge >= 0.3 is 0 Å². The fraction of sp³-hybridized carbons (Fsp3) is 0.263. The van der Waals surface area contributed by atoms with Crippen LogP contribution in [0.4, 0.5) is 0 Å². The quantitative estimate of drug-likeness (QED) is 0.830. The summed E-state index contributed by atoms with van der Waals surface area (Å²) >= 11 is 0. The molecule has 2 aromatic carbocycles. The molecule has 0 heterocycles. The van der Waals surface area contributed by atoms with Crippen molar-refractivity contribution in [3.8, 4) is 5.75 Å². The second-order valence-electron chi connectivity index (χ2n) is 5.10. The van der Waals surface area contributed by atoms with Gasteiger partial charge in [0.05, 0.1) is 0 Å². The molecule has 0 aliphatic heterocycles. The Kier molecular flexibility index (Phi) is 6.04. The Balaban J connectivity index is 1.92. The highest BCUT2D eigenvalue weighted by Gasteiger charge is 2.06. The van der Waals surface area contributed by atoms with Gasteiger partial charge in [0, 0.05) is 6.04 Å². The number of ether oxygens (including phenoxy) is 1. The van der Waals surface area contributed by atoms with Crippen molar-refractivity contribution in [3.05, 3.63) is 71.8 Å². The first-order valence-corrected chi connectivity index (χ1v) is 7.47. The first-order chi connectivity index (χ1) is 10.3. The molecule has 0 amide bonds. The predicted octanol–water partition coefficient (Wildman–Crippen LogP) is 4.06. The molecule has 2 nitrogen and oxygen atoms in total. The Bertz CT molecular complexity index is 563. The summed E-state index contributed by atoms with van der Waals surface area (Å²) in [5, 5.41) is 0. The lowest BCUT2D eigenvalue weighted by Gasteiger charge is -2.13. The third kappa shape index (κ3) is 5.09. The van der Waals surface area contributed by atoms with Crippen LogP contribution in [-0.4, -0.2) is 12.6 Å². The number of para-hydroxylation sites is 1. The topological polar surface area (TPSA) is 35.2 Å². The summed E-state index contributed by atoms with van der Waals surface area (Å²) in [6.07, 6.45) is 5.93. The number of hydrogen-bond donors (Lipinski definition) is 1. The molecule has 1 unspecified atom stereocenters. The summed E-state index contributed by atoms with van der Waals surface area (Å²) in [7, 11) is 0. The van der Waals surface area contributed by atoms with Crippen molar-refractivity contribution in [2.45, 2.75) is 25.8 Å². The van der Waals surface area contributed by atoms with Gasteiger partial charge in [0.2, 0.25) is 0 Å². The highest BCUT2D eigenvalue weighted by atomic mass is 16.5. The third-order valence-corrected chi connectivity index (χ3v) is 3.42. The molecule has 21 heavy (non-hydrogen) atoms. The SMILES string of the molecule is CCC(N)Cc1ccccc1OC/C=C/c1ccccc1. The van der Waals surface area contributed by atoms with E-state index in [2.05, 4.69) is 31.2 Å². The lowest BCUT2D eigenvalue weighted by atomic mass is 10.0. The molecule has 0 fully saturated rings. The van der Waals surface area contributed by atoms with E-state index >= 15 is 0 Å². The standard InChI is InChI=1S/C19H23NO/c1-2-18(20)15-17-12-6-7-13-19(17)21-14-8-11-16-9-4-3-5-10-16/h3-13,18H,2,14-15,20H2,1H3/b11-8+. The summed E-state index contributed by atoms with van der Waals surface area (Å²) in [4.78, 5) is 0. The highest BCUT2D eigenvalue weighted by molar-refractivity contribution is 5.48. The average molecular weight is 281 g/mol. The van der Waals surface area contributed by atoms with Crippen LogP contribution in [0.25, 0.3) is 6.08 Å². The van der Waals surface area contributed by atoms with Gasteiger partial charge < -0.3 is 10.5 Å². The van der Waals surface area contributed by atoms with Crippen LogP contribution in [-0.2, 0) is 6.42 Å². The monoisotopic (exact) mass is 281 g/mol. The molecule has 2 aromatic rings. The smallest absolute Gasteiger partial charge is 0.123 e.